The SMILES string of the molecule is CC(C(=O)N1CCCC1CN(C)C)N1CCNCC1. The van der Waals surface area contributed by atoms with Gasteiger partial charge in [-0.05, 0) is 33.9 Å². The second-order valence-corrected chi connectivity index (χ2v) is 6.05. The molecule has 0 aromatic rings. The molecule has 0 saturated carbocycles. The van der Waals surface area contributed by atoms with Crippen LogP contribution in [0.4, 0.5) is 0 Å². The summed E-state index contributed by atoms with van der Waals surface area (Å²) in [5.74, 6) is 0.325. The van der Waals surface area contributed by atoms with Crippen LogP contribution in [0.3, 0.4) is 0 Å². The van der Waals surface area contributed by atoms with Gasteiger partial charge < -0.3 is 15.1 Å². The summed E-state index contributed by atoms with van der Waals surface area (Å²) < 4.78 is 0. The molecular formula is C14H28N4O. The first-order valence-electron chi connectivity index (χ1n) is 7.49. The van der Waals surface area contributed by atoms with Gasteiger partial charge in [-0.25, -0.2) is 0 Å². The third kappa shape index (κ3) is 3.68. The molecule has 5 nitrogen and oxygen atoms in total. The summed E-state index contributed by atoms with van der Waals surface area (Å²) >= 11 is 0. The van der Waals surface area contributed by atoms with E-state index >= 15 is 0 Å². The molecule has 110 valence electrons. The van der Waals surface area contributed by atoms with Gasteiger partial charge in [-0.1, -0.05) is 0 Å². The molecule has 0 spiro atoms. The molecule has 0 aromatic carbocycles. The molecule has 2 fully saturated rings. The Morgan fingerprint density at radius 3 is 2.63 bits per heavy atom. The highest BCUT2D eigenvalue weighted by atomic mass is 16.2. The summed E-state index contributed by atoms with van der Waals surface area (Å²) in [5.41, 5.74) is 0. The molecule has 2 saturated heterocycles. The van der Waals surface area contributed by atoms with E-state index in [0.29, 0.717) is 11.9 Å². The van der Waals surface area contributed by atoms with E-state index in [0.717, 1.165) is 52.1 Å². The van der Waals surface area contributed by atoms with Crippen molar-refractivity contribution in [2.75, 3.05) is 53.4 Å². The summed E-state index contributed by atoms with van der Waals surface area (Å²) in [6.45, 7) is 7.96. The average Bonchev–Trinajstić information content (AvgIpc) is 2.85. The Morgan fingerprint density at radius 1 is 1.32 bits per heavy atom. The zero-order valence-corrected chi connectivity index (χ0v) is 12.6. The van der Waals surface area contributed by atoms with Gasteiger partial charge in [0.15, 0.2) is 0 Å². The monoisotopic (exact) mass is 268 g/mol. The van der Waals surface area contributed by atoms with Gasteiger partial charge in [0.1, 0.15) is 0 Å². The Bertz CT molecular complexity index is 302. The van der Waals surface area contributed by atoms with Crippen molar-refractivity contribution in [3.05, 3.63) is 0 Å². The van der Waals surface area contributed by atoms with E-state index < -0.39 is 0 Å². The largest absolute Gasteiger partial charge is 0.337 e. The molecule has 1 amide bonds. The molecule has 0 radical (unpaired) electrons. The number of amides is 1. The summed E-state index contributed by atoms with van der Waals surface area (Å²) in [4.78, 5) is 19.3. The number of rotatable bonds is 4. The van der Waals surface area contributed by atoms with Crippen molar-refractivity contribution < 1.29 is 4.79 Å². The van der Waals surface area contributed by atoms with Crippen LogP contribution in [0.5, 0.6) is 0 Å². The molecular weight excluding hydrogens is 240 g/mol. The van der Waals surface area contributed by atoms with Gasteiger partial charge in [-0.15, -0.1) is 0 Å². The van der Waals surface area contributed by atoms with E-state index in [2.05, 4.69) is 41.0 Å². The van der Waals surface area contributed by atoms with Crippen LogP contribution in [0.1, 0.15) is 19.8 Å². The van der Waals surface area contributed by atoms with E-state index in [9.17, 15) is 4.79 Å². The number of nitrogens with one attached hydrogen (secondary N) is 1. The number of nitrogens with zero attached hydrogens (tertiary/aromatic N) is 3. The van der Waals surface area contributed by atoms with E-state index in [4.69, 9.17) is 0 Å². The van der Waals surface area contributed by atoms with Gasteiger partial charge in [0, 0.05) is 45.3 Å². The Balaban J connectivity index is 1.93. The fourth-order valence-electron chi connectivity index (χ4n) is 3.20. The molecule has 0 aliphatic carbocycles. The van der Waals surface area contributed by atoms with Crippen molar-refractivity contribution in [1.82, 2.24) is 20.0 Å². The van der Waals surface area contributed by atoms with Gasteiger partial charge >= 0.3 is 0 Å². The number of hydrogen-bond acceptors (Lipinski definition) is 4. The van der Waals surface area contributed by atoms with Gasteiger partial charge in [-0.3, -0.25) is 9.69 Å². The number of hydrogen-bond donors (Lipinski definition) is 1. The van der Waals surface area contributed by atoms with E-state index in [1.807, 2.05) is 0 Å². The number of likely N-dealkylation sites (tertiary alicyclic amines) is 1. The summed E-state index contributed by atoms with van der Waals surface area (Å²) in [5, 5.41) is 3.34. The van der Waals surface area contributed by atoms with Crippen LogP contribution in [0.2, 0.25) is 0 Å². The maximum atomic E-state index is 12.7. The van der Waals surface area contributed by atoms with Crippen molar-refractivity contribution in [2.24, 2.45) is 0 Å². The van der Waals surface area contributed by atoms with Gasteiger partial charge in [0.2, 0.25) is 5.91 Å². The lowest BCUT2D eigenvalue weighted by Gasteiger charge is -2.36. The fourth-order valence-corrected chi connectivity index (χ4v) is 3.20. The minimum absolute atomic E-state index is 0.0323. The lowest BCUT2D eigenvalue weighted by Crippen LogP contribution is -2.55. The van der Waals surface area contributed by atoms with Crippen LogP contribution in [0.25, 0.3) is 0 Å². The molecule has 2 aliphatic heterocycles. The lowest BCUT2D eigenvalue weighted by atomic mass is 10.1. The molecule has 2 heterocycles. The molecule has 0 aromatic heterocycles. The van der Waals surface area contributed by atoms with Crippen LogP contribution in [-0.4, -0.2) is 86.1 Å². The highest BCUT2D eigenvalue weighted by Gasteiger charge is 2.33. The topological polar surface area (TPSA) is 38.8 Å². The average molecular weight is 268 g/mol. The summed E-state index contributed by atoms with van der Waals surface area (Å²) in [6, 6.07) is 0.442. The van der Waals surface area contributed by atoms with E-state index in [1.165, 1.54) is 0 Å². The van der Waals surface area contributed by atoms with Crippen molar-refractivity contribution >= 4 is 5.91 Å². The van der Waals surface area contributed by atoms with Crippen molar-refractivity contribution in [3.8, 4) is 0 Å². The van der Waals surface area contributed by atoms with Gasteiger partial charge in [-0.2, -0.15) is 0 Å². The third-order valence-electron chi connectivity index (χ3n) is 4.29. The van der Waals surface area contributed by atoms with Crippen LogP contribution < -0.4 is 5.32 Å². The highest BCUT2D eigenvalue weighted by molar-refractivity contribution is 5.82. The first-order valence-corrected chi connectivity index (χ1v) is 7.49. The molecule has 1 N–H and O–H groups in total. The Hall–Kier alpha value is -0.650. The number of piperazine rings is 1. The first kappa shape index (κ1) is 14.8. The standard InChI is InChI=1S/C14H28N4O/c1-12(17-9-6-15-7-10-17)14(19)18-8-4-5-13(18)11-16(2)3/h12-13,15H,4-11H2,1-3H3. The third-order valence-corrected chi connectivity index (χ3v) is 4.29. The predicted molar refractivity (Wildman–Crippen MR) is 77.2 cm³/mol. The normalized spacial score (nSPS) is 26.9. The zero-order chi connectivity index (χ0) is 13.8. The number of carbonyl (C=O) groups excluding carboxylic acids is 1. The van der Waals surface area contributed by atoms with Crippen LogP contribution in [-0.2, 0) is 4.79 Å². The zero-order valence-electron chi connectivity index (χ0n) is 12.6. The van der Waals surface area contributed by atoms with E-state index in [-0.39, 0.29) is 6.04 Å². The maximum absolute atomic E-state index is 12.7. The highest BCUT2D eigenvalue weighted by Crippen LogP contribution is 2.20. The Labute approximate surface area is 116 Å². The molecule has 2 rings (SSSR count). The molecule has 0 bridgehead atoms. The lowest BCUT2D eigenvalue weighted by molar-refractivity contribution is -0.137. The summed E-state index contributed by atoms with van der Waals surface area (Å²) in [7, 11) is 4.17. The second kappa shape index (κ2) is 6.68. The molecule has 5 heteroatoms. The van der Waals surface area contributed by atoms with Crippen molar-refractivity contribution in [2.45, 2.75) is 31.8 Å². The Morgan fingerprint density at radius 2 is 2.00 bits per heavy atom. The first-order chi connectivity index (χ1) is 9.09. The minimum Gasteiger partial charge on any atom is -0.337 e. The van der Waals surface area contributed by atoms with E-state index in [1.54, 1.807) is 0 Å². The minimum atomic E-state index is 0.0323. The van der Waals surface area contributed by atoms with Crippen molar-refractivity contribution in [3.63, 3.8) is 0 Å². The van der Waals surface area contributed by atoms with Crippen LogP contribution >= 0.6 is 0 Å². The number of likely N-dealkylation sites (N-methyl/N-ethyl adjacent to an activating group) is 1. The van der Waals surface area contributed by atoms with Crippen LogP contribution in [0, 0.1) is 0 Å². The second-order valence-electron chi connectivity index (χ2n) is 6.05. The molecule has 2 aliphatic rings. The maximum Gasteiger partial charge on any atom is 0.239 e. The predicted octanol–water partition coefficient (Wildman–Crippen LogP) is -0.167. The quantitative estimate of drug-likeness (QED) is 0.768. The molecule has 2 atom stereocenters. The Kier molecular flexibility index (Phi) is 5.19. The summed E-state index contributed by atoms with van der Waals surface area (Å²) in [6.07, 6.45) is 2.30. The van der Waals surface area contributed by atoms with Gasteiger partial charge in [0.25, 0.3) is 0 Å². The molecule has 2 unspecified atom stereocenters. The molecule has 19 heavy (non-hydrogen) atoms. The van der Waals surface area contributed by atoms with Gasteiger partial charge in [0.05, 0.1) is 6.04 Å². The van der Waals surface area contributed by atoms with Crippen LogP contribution in [0.15, 0.2) is 0 Å². The fraction of sp³-hybridized carbons (Fsp3) is 0.929. The number of carbonyl (C=O) groups is 1. The van der Waals surface area contributed by atoms with Crippen molar-refractivity contribution in [1.29, 1.82) is 0 Å². The smallest absolute Gasteiger partial charge is 0.239 e.